The van der Waals surface area contributed by atoms with E-state index in [0.717, 1.165) is 23.2 Å². The van der Waals surface area contributed by atoms with Crippen LogP contribution >= 0.6 is 11.8 Å². The van der Waals surface area contributed by atoms with E-state index in [1.807, 2.05) is 55.5 Å². The summed E-state index contributed by atoms with van der Waals surface area (Å²) in [6.07, 6.45) is 7.46. The molecule has 2 aromatic carbocycles. The molecule has 0 aliphatic carbocycles. The summed E-state index contributed by atoms with van der Waals surface area (Å²) in [5.74, 6) is -0.0980. The van der Waals surface area contributed by atoms with Gasteiger partial charge < -0.3 is 5.32 Å². The normalized spacial score (nSPS) is 17.6. The van der Waals surface area contributed by atoms with E-state index in [1.165, 1.54) is 30.2 Å². The van der Waals surface area contributed by atoms with Gasteiger partial charge in [0.05, 0.1) is 10.6 Å². The lowest BCUT2D eigenvalue weighted by Crippen LogP contribution is -2.19. The average Bonchev–Trinajstić information content (AvgIpc) is 3.00. The van der Waals surface area contributed by atoms with Crippen molar-refractivity contribution in [2.45, 2.75) is 33.1 Å². The number of nitrogens with zero attached hydrogens (tertiary/aromatic N) is 1. The monoisotopic (exact) mass is 376 g/mol. The van der Waals surface area contributed by atoms with Gasteiger partial charge in [-0.1, -0.05) is 61.9 Å². The first kappa shape index (κ1) is 19.2. The number of hydrogen-bond acceptors (Lipinski definition) is 3. The van der Waals surface area contributed by atoms with Gasteiger partial charge in [-0.3, -0.25) is 4.79 Å². The highest BCUT2D eigenvalue weighted by Gasteiger charge is 2.23. The number of amides is 1. The third-order valence-corrected chi connectivity index (χ3v) is 5.10. The Hall–Kier alpha value is -2.59. The summed E-state index contributed by atoms with van der Waals surface area (Å²) in [5, 5.41) is 3.47. The third-order valence-electron chi connectivity index (χ3n) is 4.19. The number of thioether (sulfide) groups is 1. The molecule has 4 heteroatoms. The van der Waals surface area contributed by atoms with Crippen molar-refractivity contribution in [3.8, 4) is 0 Å². The molecule has 0 saturated carbocycles. The standard InChI is InChI=1S/C23H24N2OS/c1-3-4-8-18-11-13-20(14-12-18)24-23-25-22(26)21(27-23)16-17(2)15-19-9-6-5-7-10-19/h5-7,9-16H,3-4,8H2,1-2H3,(H,24,25,26). The van der Waals surface area contributed by atoms with Gasteiger partial charge in [-0.05, 0) is 66.4 Å². The van der Waals surface area contributed by atoms with E-state index in [-0.39, 0.29) is 5.91 Å². The molecule has 3 rings (SSSR count). The minimum Gasteiger partial charge on any atom is -0.300 e. The molecule has 1 fully saturated rings. The summed E-state index contributed by atoms with van der Waals surface area (Å²) in [7, 11) is 0. The van der Waals surface area contributed by atoms with Gasteiger partial charge in [0.2, 0.25) is 0 Å². The number of amidine groups is 1. The number of rotatable bonds is 6. The number of carbonyl (C=O) groups is 1. The molecule has 3 nitrogen and oxygen atoms in total. The Kier molecular flexibility index (Phi) is 6.66. The molecule has 0 aromatic heterocycles. The first-order chi connectivity index (χ1) is 13.1. The van der Waals surface area contributed by atoms with Crippen LogP contribution in [0.4, 0.5) is 5.69 Å². The maximum atomic E-state index is 12.2. The average molecular weight is 377 g/mol. The van der Waals surface area contributed by atoms with Crippen LogP contribution in [-0.2, 0) is 11.2 Å². The van der Waals surface area contributed by atoms with Crippen LogP contribution in [0.3, 0.4) is 0 Å². The maximum Gasteiger partial charge on any atom is 0.264 e. The molecular formula is C23H24N2OS. The fourth-order valence-electron chi connectivity index (χ4n) is 2.78. The van der Waals surface area contributed by atoms with E-state index in [2.05, 4.69) is 35.4 Å². The molecule has 27 heavy (non-hydrogen) atoms. The smallest absolute Gasteiger partial charge is 0.264 e. The van der Waals surface area contributed by atoms with Crippen molar-refractivity contribution in [3.05, 3.63) is 82.3 Å². The Bertz CT molecular complexity index is 880. The summed E-state index contributed by atoms with van der Waals surface area (Å²) < 4.78 is 0. The Balaban J connectivity index is 1.69. The minimum absolute atomic E-state index is 0.0980. The molecule has 0 unspecified atom stereocenters. The molecule has 1 saturated heterocycles. The van der Waals surface area contributed by atoms with Crippen LogP contribution in [-0.4, -0.2) is 11.1 Å². The second-order valence-electron chi connectivity index (χ2n) is 6.55. The molecule has 1 heterocycles. The van der Waals surface area contributed by atoms with Crippen LogP contribution in [0.5, 0.6) is 0 Å². The Morgan fingerprint density at radius 3 is 2.56 bits per heavy atom. The van der Waals surface area contributed by atoms with Crippen molar-refractivity contribution in [2.24, 2.45) is 4.99 Å². The van der Waals surface area contributed by atoms with E-state index in [0.29, 0.717) is 10.1 Å². The zero-order valence-corrected chi connectivity index (χ0v) is 16.6. The van der Waals surface area contributed by atoms with Crippen molar-refractivity contribution >= 4 is 34.6 Å². The molecular weight excluding hydrogens is 352 g/mol. The van der Waals surface area contributed by atoms with E-state index in [9.17, 15) is 4.79 Å². The molecule has 2 aromatic rings. The highest BCUT2D eigenvalue weighted by Crippen LogP contribution is 2.27. The number of unbranched alkanes of at least 4 members (excludes halogenated alkanes) is 1. The van der Waals surface area contributed by atoms with Gasteiger partial charge >= 0.3 is 0 Å². The van der Waals surface area contributed by atoms with E-state index in [1.54, 1.807) is 0 Å². The van der Waals surface area contributed by atoms with Gasteiger partial charge in [0.25, 0.3) is 5.91 Å². The van der Waals surface area contributed by atoms with Crippen LogP contribution in [0.1, 0.15) is 37.8 Å². The third kappa shape index (κ3) is 5.69. The van der Waals surface area contributed by atoms with Crippen LogP contribution in [0.2, 0.25) is 0 Å². The second kappa shape index (κ2) is 9.38. The molecule has 1 N–H and O–H groups in total. The number of benzene rings is 2. The van der Waals surface area contributed by atoms with E-state index < -0.39 is 0 Å². The SMILES string of the molecule is CCCCc1ccc(N=C2NC(=O)C(=CC(C)=Cc3ccccc3)S2)cc1. The van der Waals surface area contributed by atoms with Crippen molar-refractivity contribution in [1.82, 2.24) is 5.32 Å². The van der Waals surface area contributed by atoms with Crippen LogP contribution < -0.4 is 5.32 Å². The van der Waals surface area contributed by atoms with Crippen molar-refractivity contribution < 1.29 is 4.79 Å². The second-order valence-corrected chi connectivity index (χ2v) is 7.58. The summed E-state index contributed by atoms with van der Waals surface area (Å²) in [4.78, 5) is 17.5. The van der Waals surface area contributed by atoms with Crippen LogP contribution in [0, 0.1) is 0 Å². The molecule has 1 aliphatic heterocycles. The summed E-state index contributed by atoms with van der Waals surface area (Å²) in [5.41, 5.74) is 4.33. The molecule has 1 aliphatic rings. The first-order valence-corrected chi connectivity index (χ1v) is 10.1. The van der Waals surface area contributed by atoms with Gasteiger partial charge in [-0.15, -0.1) is 0 Å². The van der Waals surface area contributed by atoms with Gasteiger partial charge in [-0.2, -0.15) is 0 Å². The Labute approximate surface area is 165 Å². The molecule has 1 amide bonds. The summed E-state index contributed by atoms with van der Waals surface area (Å²) in [6.45, 7) is 4.19. The zero-order valence-electron chi connectivity index (χ0n) is 15.7. The summed E-state index contributed by atoms with van der Waals surface area (Å²) >= 11 is 1.38. The molecule has 0 radical (unpaired) electrons. The number of allylic oxidation sites excluding steroid dienone is 2. The maximum absolute atomic E-state index is 12.2. The fourth-order valence-corrected chi connectivity index (χ4v) is 3.67. The number of aliphatic imine (C=N–C) groups is 1. The molecule has 0 bridgehead atoms. The van der Waals surface area contributed by atoms with Crippen LogP contribution in [0.25, 0.3) is 6.08 Å². The zero-order chi connectivity index (χ0) is 19.1. The topological polar surface area (TPSA) is 41.5 Å². The van der Waals surface area contributed by atoms with Crippen LogP contribution in [0.15, 0.2) is 76.1 Å². The summed E-state index contributed by atoms with van der Waals surface area (Å²) in [6, 6.07) is 18.3. The highest BCUT2D eigenvalue weighted by molar-refractivity contribution is 8.18. The predicted molar refractivity (Wildman–Crippen MR) is 116 cm³/mol. The molecule has 0 atom stereocenters. The van der Waals surface area contributed by atoms with E-state index in [4.69, 9.17) is 0 Å². The molecule has 0 spiro atoms. The van der Waals surface area contributed by atoms with Gasteiger partial charge in [0, 0.05) is 0 Å². The van der Waals surface area contributed by atoms with E-state index >= 15 is 0 Å². The Morgan fingerprint density at radius 2 is 1.85 bits per heavy atom. The van der Waals surface area contributed by atoms with Gasteiger partial charge in [0.15, 0.2) is 5.17 Å². The largest absolute Gasteiger partial charge is 0.300 e. The first-order valence-electron chi connectivity index (χ1n) is 9.26. The predicted octanol–water partition coefficient (Wildman–Crippen LogP) is 5.87. The number of nitrogens with one attached hydrogen (secondary N) is 1. The lowest BCUT2D eigenvalue weighted by molar-refractivity contribution is -0.115. The van der Waals surface area contributed by atoms with Crippen molar-refractivity contribution in [3.63, 3.8) is 0 Å². The number of carbonyl (C=O) groups excluding carboxylic acids is 1. The quantitative estimate of drug-likeness (QED) is 0.641. The Morgan fingerprint density at radius 1 is 1.11 bits per heavy atom. The lowest BCUT2D eigenvalue weighted by Gasteiger charge is -2.01. The fraction of sp³-hybridized carbons (Fsp3) is 0.217. The van der Waals surface area contributed by atoms with Crippen molar-refractivity contribution in [1.29, 1.82) is 0 Å². The minimum atomic E-state index is -0.0980. The highest BCUT2D eigenvalue weighted by atomic mass is 32.2. The van der Waals surface area contributed by atoms with Gasteiger partial charge in [-0.25, -0.2) is 4.99 Å². The number of aryl methyl sites for hydroxylation is 1. The molecule has 138 valence electrons. The lowest BCUT2D eigenvalue weighted by atomic mass is 10.1. The van der Waals surface area contributed by atoms with Gasteiger partial charge in [0.1, 0.15) is 0 Å². The number of hydrogen-bond donors (Lipinski definition) is 1. The van der Waals surface area contributed by atoms with Crippen molar-refractivity contribution in [2.75, 3.05) is 0 Å².